The van der Waals surface area contributed by atoms with Crippen molar-refractivity contribution in [2.45, 2.75) is 20.8 Å². The van der Waals surface area contributed by atoms with Gasteiger partial charge in [-0.1, -0.05) is 12.1 Å². The molecule has 0 aliphatic carbocycles. The minimum Gasteiger partial charge on any atom is -0.462 e. The lowest BCUT2D eigenvalue weighted by Crippen LogP contribution is -2.16. The Kier molecular flexibility index (Phi) is 5.69. The summed E-state index contributed by atoms with van der Waals surface area (Å²) in [5.41, 5.74) is 1.00. The van der Waals surface area contributed by atoms with Crippen LogP contribution in [-0.2, 0) is 9.47 Å². The van der Waals surface area contributed by atoms with E-state index in [0.717, 1.165) is 6.07 Å². The molecule has 0 aliphatic heterocycles. The second kappa shape index (κ2) is 7.74. The van der Waals surface area contributed by atoms with Crippen LogP contribution < -0.4 is 0 Å². The first-order chi connectivity index (χ1) is 11.9. The molecule has 2 rings (SSSR count). The molecule has 0 aliphatic rings. The summed E-state index contributed by atoms with van der Waals surface area (Å²) in [4.78, 5) is 38.8. The summed E-state index contributed by atoms with van der Waals surface area (Å²) >= 11 is 0. The molecule has 132 valence electrons. The zero-order chi connectivity index (χ0) is 18.6. The third-order valence-electron chi connectivity index (χ3n) is 3.63. The molecule has 1 aromatic heterocycles. The van der Waals surface area contributed by atoms with E-state index in [9.17, 15) is 18.8 Å². The molecule has 0 radical (unpaired) electrons. The molecule has 0 spiro atoms. The molecule has 25 heavy (non-hydrogen) atoms. The highest BCUT2D eigenvalue weighted by Crippen LogP contribution is 2.20. The van der Waals surface area contributed by atoms with Crippen LogP contribution in [-0.4, -0.2) is 35.9 Å². The lowest BCUT2D eigenvalue weighted by Gasteiger charge is -2.05. The molecule has 1 N–H and O–H groups in total. The lowest BCUT2D eigenvalue weighted by molar-refractivity contribution is 0.0467. The normalized spacial score (nSPS) is 10.4. The first-order valence-corrected chi connectivity index (χ1v) is 7.67. The van der Waals surface area contributed by atoms with Gasteiger partial charge in [-0.3, -0.25) is 4.79 Å². The summed E-state index contributed by atoms with van der Waals surface area (Å²) in [6, 6.07) is 5.44. The van der Waals surface area contributed by atoms with E-state index in [1.165, 1.54) is 18.2 Å². The van der Waals surface area contributed by atoms with Gasteiger partial charge in [-0.15, -0.1) is 0 Å². The van der Waals surface area contributed by atoms with E-state index in [2.05, 4.69) is 4.98 Å². The van der Waals surface area contributed by atoms with Crippen molar-refractivity contribution in [2.24, 2.45) is 0 Å². The first kappa shape index (κ1) is 18.4. The number of H-pyrrole nitrogens is 1. The van der Waals surface area contributed by atoms with E-state index in [4.69, 9.17) is 9.47 Å². The molecule has 0 bridgehead atoms. The van der Waals surface area contributed by atoms with Crippen LogP contribution in [0.5, 0.6) is 0 Å². The number of hydrogen-bond donors (Lipinski definition) is 1. The van der Waals surface area contributed by atoms with Crippen LogP contribution in [0.1, 0.15) is 49.4 Å². The average molecular weight is 347 g/mol. The highest BCUT2D eigenvalue weighted by Gasteiger charge is 2.24. The third-order valence-corrected chi connectivity index (χ3v) is 3.63. The van der Waals surface area contributed by atoms with E-state index in [0.29, 0.717) is 11.3 Å². The number of nitrogens with one attached hydrogen (secondary N) is 1. The summed E-state index contributed by atoms with van der Waals surface area (Å²) < 4.78 is 23.4. The number of aromatic amines is 1. The smallest absolute Gasteiger partial charge is 0.355 e. The van der Waals surface area contributed by atoms with Crippen LogP contribution >= 0.6 is 0 Å². The number of aryl methyl sites for hydroxylation is 1. The van der Waals surface area contributed by atoms with E-state index < -0.39 is 30.1 Å². The number of esters is 2. The molecule has 2 aromatic rings. The number of ketones is 1. The highest BCUT2D eigenvalue weighted by atomic mass is 19.1. The van der Waals surface area contributed by atoms with Crippen LogP contribution in [0.25, 0.3) is 0 Å². The molecule has 0 saturated heterocycles. The number of hydrogen-bond acceptors (Lipinski definition) is 5. The number of ether oxygens (including phenoxy) is 2. The maximum Gasteiger partial charge on any atom is 0.355 e. The number of carbonyl (C=O) groups excluding carboxylic acids is 3. The summed E-state index contributed by atoms with van der Waals surface area (Å²) in [6.45, 7) is 4.48. The topological polar surface area (TPSA) is 85.5 Å². The van der Waals surface area contributed by atoms with Gasteiger partial charge in [-0.25, -0.2) is 14.0 Å². The van der Waals surface area contributed by atoms with Crippen molar-refractivity contribution >= 4 is 17.7 Å². The fourth-order valence-electron chi connectivity index (χ4n) is 2.43. The van der Waals surface area contributed by atoms with Crippen LogP contribution in [0.2, 0.25) is 0 Å². The Hall–Kier alpha value is -2.96. The number of Topliss-reactive ketones (excluding diaryl/α,β-unsaturated/α-hetero) is 1. The Balaban J connectivity index is 2.12. The van der Waals surface area contributed by atoms with Gasteiger partial charge in [0.05, 0.1) is 17.7 Å². The zero-order valence-corrected chi connectivity index (χ0v) is 14.1. The SMILES string of the molecule is CCOC(=O)c1c(C)[nH]c(C(=O)OCC(=O)c2ccccc2F)c1C. The van der Waals surface area contributed by atoms with Crippen LogP contribution in [0.3, 0.4) is 0 Å². The molecular formula is C18H18FNO5. The lowest BCUT2D eigenvalue weighted by atomic mass is 10.1. The number of aromatic nitrogens is 1. The molecule has 1 aromatic carbocycles. The average Bonchev–Trinajstić information content (AvgIpc) is 2.87. The molecular weight excluding hydrogens is 329 g/mol. The van der Waals surface area contributed by atoms with Crippen molar-refractivity contribution < 1.29 is 28.2 Å². The summed E-state index contributed by atoms with van der Waals surface area (Å²) in [6.07, 6.45) is 0. The van der Waals surface area contributed by atoms with E-state index in [-0.39, 0.29) is 23.4 Å². The van der Waals surface area contributed by atoms with Crippen molar-refractivity contribution in [1.29, 1.82) is 0 Å². The van der Waals surface area contributed by atoms with Crippen molar-refractivity contribution in [3.63, 3.8) is 0 Å². The van der Waals surface area contributed by atoms with Crippen LogP contribution in [0.4, 0.5) is 4.39 Å². The van der Waals surface area contributed by atoms with Gasteiger partial charge in [-0.05, 0) is 38.5 Å². The van der Waals surface area contributed by atoms with Gasteiger partial charge in [-0.2, -0.15) is 0 Å². The van der Waals surface area contributed by atoms with Crippen molar-refractivity contribution in [1.82, 2.24) is 4.98 Å². The van der Waals surface area contributed by atoms with Crippen molar-refractivity contribution in [3.05, 3.63) is 58.2 Å². The second-order valence-corrected chi connectivity index (χ2v) is 5.32. The van der Waals surface area contributed by atoms with Crippen LogP contribution in [0.15, 0.2) is 24.3 Å². The number of halogens is 1. The van der Waals surface area contributed by atoms with Gasteiger partial charge >= 0.3 is 11.9 Å². The summed E-state index contributed by atoms with van der Waals surface area (Å²) in [5, 5.41) is 0. The fraction of sp³-hybridized carbons (Fsp3) is 0.278. The Labute approximate surface area is 143 Å². The Morgan fingerprint density at radius 3 is 2.40 bits per heavy atom. The van der Waals surface area contributed by atoms with Gasteiger partial charge in [0.1, 0.15) is 11.5 Å². The molecule has 0 saturated carbocycles. The van der Waals surface area contributed by atoms with E-state index in [1.807, 2.05) is 0 Å². The Morgan fingerprint density at radius 2 is 1.76 bits per heavy atom. The molecule has 0 unspecified atom stereocenters. The van der Waals surface area contributed by atoms with Crippen molar-refractivity contribution in [2.75, 3.05) is 13.2 Å². The molecule has 0 amide bonds. The monoisotopic (exact) mass is 347 g/mol. The van der Waals surface area contributed by atoms with Gasteiger partial charge < -0.3 is 14.5 Å². The van der Waals surface area contributed by atoms with Crippen LogP contribution in [0, 0.1) is 19.7 Å². The Morgan fingerprint density at radius 1 is 1.08 bits per heavy atom. The summed E-state index contributed by atoms with van der Waals surface area (Å²) in [5.74, 6) is -2.69. The largest absolute Gasteiger partial charge is 0.462 e. The minimum atomic E-state index is -0.805. The van der Waals surface area contributed by atoms with Gasteiger partial charge in [0, 0.05) is 5.69 Å². The second-order valence-electron chi connectivity index (χ2n) is 5.32. The predicted molar refractivity (Wildman–Crippen MR) is 87.2 cm³/mol. The maximum atomic E-state index is 13.6. The number of rotatable bonds is 6. The molecule has 1 heterocycles. The van der Waals surface area contributed by atoms with Gasteiger partial charge in [0.2, 0.25) is 5.78 Å². The standard InChI is InChI=1S/C18H18FNO5/c1-4-24-17(22)15-10(2)16(20-11(15)3)18(23)25-9-14(21)12-7-5-6-8-13(12)19/h5-8,20H,4,9H2,1-3H3. The third kappa shape index (κ3) is 3.93. The predicted octanol–water partition coefficient (Wildman–Crippen LogP) is 2.99. The van der Waals surface area contributed by atoms with Gasteiger partial charge in [0.25, 0.3) is 0 Å². The van der Waals surface area contributed by atoms with Crippen molar-refractivity contribution in [3.8, 4) is 0 Å². The highest BCUT2D eigenvalue weighted by molar-refractivity contribution is 6.01. The number of benzene rings is 1. The first-order valence-electron chi connectivity index (χ1n) is 7.67. The molecule has 0 fully saturated rings. The maximum absolute atomic E-state index is 13.6. The zero-order valence-electron chi connectivity index (χ0n) is 14.1. The molecule has 6 nitrogen and oxygen atoms in total. The quantitative estimate of drug-likeness (QED) is 0.641. The minimum absolute atomic E-state index is 0.0573. The van der Waals surface area contributed by atoms with E-state index in [1.54, 1.807) is 20.8 Å². The Bertz CT molecular complexity index is 825. The summed E-state index contributed by atoms with van der Waals surface area (Å²) in [7, 11) is 0. The number of carbonyl (C=O) groups is 3. The molecule has 7 heteroatoms. The van der Waals surface area contributed by atoms with E-state index >= 15 is 0 Å². The van der Waals surface area contributed by atoms with Gasteiger partial charge in [0.15, 0.2) is 6.61 Å². The molecule has 0 atom stereocenters. The fourth-order valence-corrected chi connectivity index (χ4v) is 2.43.